The van der Waals surface area contributed by atoms with Crippen LogP contribution in [0.5, 0.6) is 0 Å². The van der Waals surface area contributed by atoms with Crippen molar-refractivity contribution in [3.8, 4) is 22.4 Å². The van der Waals surface area contributed by atoms with Gasteiger partial charge in [-0.25, -0.2) is 19.6 Å². The van der Waals surface area contributed by atoms with Gasteiger partial charge in [0.05, 0.1) is 63.8 Å². The van der Waals surface area contributed by atoms with Crippen molar-refractivity contribution in [2.75, 3.05) is 26.9 Å². The van der Waals surface area contributed by atoms with Gasteiger partial charge in [-0.15, -0.1) is 10.2 Å². The maximum absolute atomic E-state index is 14.2. The Morgan fingerprint density at radius 2 is 1.61 bits per heavy atom. The zero-order valence-electron chi connectivity index (χ0n) is 35.0. The summed E-state index contributed by atoms with van der Waals surface area (Å²) < 4.78 is 9.60. The molecule has 8 rings (SSSR count). The monoisotopic (exact) mass is 846 g/mol. The number of amides is 4. The minimum Gasteiger partial charge on any atom is -0.453 e. The second kappa shape index (κ2) is 16.8. The maximum Gasteiger partial charge on any atom is 0.407 e. The summed E-state index contributed by atoms with van der Waals surface area (Å²) in [6.45, 7) is 8.88. The zero-order chi connectivity index (χ0) is 43.0. The molecule has 2 fully saturated rings. The van der Waals surface area contributed by atoms with Crippen molar-refractivity contribution in [1.82, 2.24) is 60.6 Å². The fourth-order valence-corrected chi connectivity index (χ4v) is 11.5. The third-order valence-corrected chi connectivity index (χ3v) is 14.4. The number of ether oxygens (including phenoxy) is 2. The number of methoxy groups -OCH3 is 2. The van der Waals surface area contributed by atoms with E-state index in [4.69, 9.17) is 19.4 Å². The lowest BCUT2D eigenvalue weighted by Gasteiger charge is -2.30. The molecular formula is C42H50N12O6Si. The molecule has 19 heteroatoms. The molecule has 5 heterocycles. The number of carbonyl (C=O) groups excluding carboxylic acids is 4. The van der Waals surface area contributed by atoms with Crippen molar-refractivity contribution in [3.05, 3.63) is 78.8 Å². The first-order valence-electron chi connectivity index (χ1n) is 20.4. The first-order chi connectivity index (χ1) is 29.3. The Kier molecular flexibility index (Phi) is 11.3. The van der Waals surface area contributed by atoms with Gasteiger partial charge >= 0.3 is 12.2 Å². The van der Waals surface area contributed by atoms with E-state index in [2.05, 4.69) is 97.6 Å². The number of hydrogen-bond donors (Lipinski definition) is 4. The highest BCUT2D eigenvalue weighted by Gasteiger charge is 2.46. The van der Waals surface area contributed by atoms with E-state index >= 15 is 0 Å². The smallest absolute Gasteiger partial charge is 0.407 e. The van der Waals surface area contributed by atoms with Gasteiger partial charge in [-0.3, -0.25) is 9.59 Å². The van der Waals surface area contributed by atoms with Crippen LogP contribution in [-0.4, -0.2) is 121 Å². The number of aromatic nitrogens is 8. The molecule has 4 N–H and O–H groups in total. The van der Waals surface area contributed by atoms with Gasteiger partial charge in [-0.2, -0.15) is 4.80 Å². The van der Waals surface area contributed by atoms with Crippen molar-refractivity contribution >= 4 is 53.9 Å². The molecule has 61 heavy (non-hydrogen) atoms. The second-order valence-electron chi connectivity index (χ2n) is 16.9. The first-order valence-corrected chi connectivity index (χ1v) is 23.8. The number of carbonyl (C=O) groups is 4. The summed E-state index contributed by atoms with van der Waals surface area (Å²) in [7, 11) is 0.675. The Bertz CT molecular complexity index is 2570. The van der Waals surface area contributed by atoms with Crippen LogP contribution in [-0.2, 0) is 25.6 Å². The lowest BCUT2D eigenvalue weighted by atomic mass is 9.99. The van der Waals surface area contributed by atoms with Crippen LogP contribution in [0.4, 0.5) is 9.59 Å². The van der Waals surface area contributed by atoms with Gasteiger partial charge < -0.3 is 39.9 Å². The number of imidazole rings is 2. The molecular weight excluding hydrogens is 797 g/mol. The number of tetrazole rings is 1. The minimum atomic E-state index is -1.87. The number of nitrogens with zero attached hydrogens (tertiary/aromatic N) is 8. The third-order valence-electron chi connectivity index (χ3n) is 11.7. The number of aromatic amines is 2. The number of rotatable bonds is 11. The molecule has 0 unspecified atom stereocenters. The predicted molar refractivity (Wildman–Crippen MR) is 228 cm³/mol. The number of H-pyrrole nitrogens is 2. The highest BCUT2D eigenvalue weighted by Crippen LogP contribution is 2.39. The van der Waals surface area contributed by atoms with E-state index in [0.29, 0.717) is 24.4 Å². The Hall–Kier alpha value is -6.63. The van der Waals surface area contributed by atoms with Gasteiger partial charge in [0.25, 0.3) is 0 Å². The van der Waals surface area contributed by atoms with E-state index < -0.39 is 32.3 Å². The predicted octanol–water partition coefficient (Wildman–Crippen LogP) is 5.36. The molecule has 3 aromatic heterocycles. The van der Waals surface area contributed by atoms with E-state index in [0.717, 1.165) is 63.1 Å². The Morgan fingerprint density at radius 3 is 2.33 bits per heavy atom. The average Bonchev–Trinajstić information content (AvgIpc) is 4.11. The molecule has 0 aliphatic carbocycles. The first kappa shape index (κ1) is 41.1. The quantitative estimate of drug-likeness (QED) is 0.122. The topological polar surface area (TPSA) is 218 Å². The van der Waals surface area contributed by atoms with Crippen molar-refractivity contribution in [3.63, 3.8) is 0 Å². The molecule has 2 saturated heterocycles. The molecule has 318 valence electrons. The van der Waals surface area contributed by atoms with Crippen molar-refractivity contribution in [2.45, 2.75) is 76.5 Å². The van der Waals surface area contributed by atoms with E-state index in [9.17, 15) is 19.2 Å². The van der Waals surface area contributed by atoms with Crippen molar-refractivity contribution in [2.24, 2.45) is 5.92 Å². The van der Waals surface area contributed by atoms with Crippen molar-refractivity contribution < 1.29 is 28.7 Å². The van der Waals surface area contributed by atoms with Crippen LogP contribution in [0.2, 0.25) is 19.1 Å². The summed E-state index contributed by atoms with van der Waals surface area (Å²) in [5.41, 5.74) is 5.59. The fraction of sp³-hybridized carbons (Fsp3) is 0.405. The number of nitrogens with one attached hydrogen (secondary N) is 4. The van der Waals surface area contributed by atoms with E-state index in [1.807, 2.05) is 24.8 Å². The number of benzene rings is 3. The summed E-state index contributed by atoms with van der Waals surface area (Å²) in [6.07, 6.45) is 3.93. The Morgan fingerprint density at radius 1 is 0.869 bits per heavy atom. The van der Waals surface area contributed by atoms with Crippen LogP contribution >= 0.6 is 0 Å². The van der Waals surface area contributed by atoms with Crippen LogP contribution in [0.3, 0.4) is 0 Å². The van der Waals surface area contributed by atoms with E-state index in [1.165, 1.54) is 25.3 Å². The molecule has 0 spiro atoms. The van der Waals surface area contributed by atoms with Crippen molar-refractivity contribution in [1.29, 1.82) is 0 Å². The Labute approximate surface area is 352 Å². The molecule has 2 aliphatic heterocycles. The SMILES string of the molecule is COC(=O)N[C@@H](Cn1ncnn1)C(=O)N1C[Si](C)(C)C[C@H]1c1nc2c(ccc3cc(-c4ccc(-c5cnc([C@@H]6CCCN6C(=O)[C@@H](NC(=O)OC)C(C)C)[nH]5)cc4)ccc32)[nH]1. The number of likely N-dealkylation sites (tertiary alicyclic amines) is 1. The van der Waals surface area contributed by atoms with Gasteiger partial charge in [0.15, 0.2) is 6.33 Å². The molecule has 4 amide bonds. The lowest BCUT2D eigenvalue weighted by molar-refractivity contribution is -0.135. The third kappa shape index (κ3) is 8.41. The molecule has 0 radical (unpaired) electrons. The second-order valence-corrected chi connectivity index (χ2v) is 21.9. The fourth-order valence-electron chi connectivity index (χ4n) is 8.61. The summed E-state index contributed by atoms with van der Waals surface area (Å²) in [5, 5.41) is 19.0. The zero-order valence-corrected chi connectivity index (χ0v) is 36.0. The summed E-state index contributed by atoms with van der Waals surface area (Å²) in [5.74, 6) is 0.889. The van der Waals surface area contributed by atoms with Gasteiger partial charge in [0.2, 0.25) is 11.8 Å². The summed E-state index contributed by atoms with van der Waals surface area (Å²) in [4.78, 5) is 73.8. The Balaban J connectivity index is 0.999. The standard InChI is InChI=1S/C42H50N12O6Si/c1-24(2)35(50-42(58)60-4)40(56)52-17-7-8-33(52)37-43-19-31(47-37)26-11-9-25(10-12-26)27-13-15-29-28(18-27)14-16-30-36(29)49-38(46-30)34-21-61(5,6)23-53(34)39(55)32(48-41(57)59-3)20-54-45-22-44-51-54/h9-16,18-19,22,24,32-35H,7-8,17,20-21,23H2,1-6H3,(H,43,47)(H,46,49)(H,48,57)(H,50,58)/t32-,33-,34-,35-/m0/s1. The van der Waals surface area contributed by atoms with Crippen LogP contribution in [0.25, 0.3) is 44.2 Å². The molecule has 18 nitrogen and oxygen atoms in total. The average molecular weight is 847 g/mol. The minimum absolute atomic E-state index is 0.000612. The van der Waals surface area contributed by atoms with Crippen LogP contribution in [0.1, 0.15) is 50.4 Å². The van der Waals surface area contributed by atoms with Gasteiger partial charge in [-0.05, 0) is 64.2 Å². The molecule has 0 bridgehead atoms. The largest absolute Gasteiger partial charge is 0.453 e. The lowest BCUT2D eigenvalue weighted by Crippen LogP contribution is -2.51. The highest BCUT2D eigenvalue weighted by molar-refractivity contribution is 6.78. The van der Waals surface area contributed by atoms with Gasteiger partial charge in [0, 0.05) is 18.1 Å². The number of fused-ring (bicyclic) bond motifs is 3. The normalized spacial score (nSPS) is 18.4. The number of hydrogen-bond acceptors (Lipinski definition) is 11. The summed E-state index contributed by atoms with van der Waals surface area (Å²) in [6, 6.07) is 17.3. The molecule has 2 aliphatic rings. The number of alkyl carbamates (subject to hydrolysis) is 2. The molecule has 0 saturated carbocycles. The van der Waals surface area contributed by atoms with Crippen LogP contribution in [0.15, 0.2) is 67.1 Å². The van der Waals surface area contributed by atoms with Gasteiger partial charge in [-0.1, -0.05) is 69.4 Å². The van der Waals surface area contributed by atoms with E-state index in [1.54, 1.807) is 11.1 Å². The van der Waals surface area contributed by atoms with E-state index in [-0.39, 0.29) is 36.4 Å². The molecule has 4 atom stereocenters. The highest BCUT2D eigenvalue weighted by atomic mass is 28.3. The summed E-state index contributed by atoms with van der Waals surface area (Å²) >= 11 is 0. The van der Waals surface area contributed by atoms with Crippen LogP contribution in [0, 0.1) is 5.92 Å². The maximum atomic E-state index is 14.2. The van der Waals surface area contributed by atoms with Gasteiger partial charge in [0.1, 0.15) is 23.7 Å². The molecule has 6 aromatic rings. The van der Waals surface area contributed by atoms with Crippen LogP contribution < -0.4 is 10.6 Å². The molecule has 3 aromatic carbocycles.